The second kappa shape index (κ2) is 12.5. The zero-order chi connectivity index (χ0) is 26.4. The second-order valence-electron chi connectivity index (χ2n) is 10.1. The minimum Gasteiger partial charge on any atom is -0.462 e. The van der Waals surface area contributed by atoms with E-state index in [1.807, 2.05) is 44.2 Å². The van der Waals surface area contributed by atoms with Crippen molar-refractivity contribution in [3.63, 3.8) is 0 Å². The van der Waals surface area contributed by atoms with E-state index in [2.05, 4.69) is 31.2 Å². The summed E-state index contributed by atoms with van der Waals surface area (Å²) in [6, 6.07) is 18.3. The predicted octanol–water partition coefficient (Wildman–Crippen LogP) is 6.91. The van der Waals surface area contributed by atoms with Gasteiger partial charge in [0.15, 0.2) is 5.82 Å². The van der Waals surface area contributed by atoms with Gasteiger partial charge in [0.05, 0.1) is 12.3 Å². The van der Waals surface area contributed by atoms with E-state index in [1.165, 1.54) is 10.5 Å². The van der Waals surface area contributed by atoms with Gasteiger partial charge in [0.25, 0.3) is 0 Å². The Morgan fingerprint density at radius 1 is 1.05 bits per heavy atom. The third kappa shape index (κ3) is 6.63. The minimum absolute atomic E-state index is 0.0415. The summed E-state index contributed by atoms with van der Waals surface area (Å²) in [5.41, 5.74) is 2.34. The first-order valence-corrected chi connectivity index (χ1v) is 14.2. The fourth-order valence-electron chi connectivity index (χ4n) is 4.76. The van der Waals surface area contributed by atoms with E-state index in [9.17, 15) is 9.59 Å². The van der Waals surface area contributed by atoms with Crippen LogP contribution in [0.4, 0.5) is 5.82 Å². The minimum atomic E-state index is -0.463. The summed E-state index contributed by atoms with van der Waals surface area (Å²) in [6.45, 7) is 8.22. The van der Waals surface area contributed by atoms with Crippen LogP contribution >= 0.6 is 11.8 Å². The standard InChI is InChI=1S/C30H37N3O3S/c1-5-36-30(35)27-19-32(25-17-13-23(14-18-25)20-37-26-9-7-6-8-10-26)31-28(27)33(21(2)3)29(34)24-15-11-22(4)12-16-24/h6-10,13-14,17-19,21-22,24H,5,11-12,15-16,20H2,1-4H3. The molecule has 0 atom stereocenters. The summed E-state index contributed by atoms with van der Waals surface area (Å²) in [5, 5.41) is 4.78. The van der Waals surface area contributed by atoms with Crippen LogP contribution in [-0.4, -0.2) is 34.3 Å². The predicted molar refractivity (Wildman–Crippen MR) is 149 cm³/mol. The molecule has 0 aliphatic heterocycles. The number of esters is 1. The first kappa shape index (κ1) is 27.0. The zero-order valence-electron chi connectivity index (χ0n) is 22.2. The lowest BCUT2D eigenvalue weighted by molar-refractivity contribution is -0.124. The molecule has 1 aliphatic rings. The largest absolute Gasteiger partial charge is 0.462 e. The Hall–Kier alpha value is -3.06. The van der Waals surface area contributed by atoms with E-state index in [4.69, 9.17) is 9.84 Å². The highest BCUT2D eigenvalue weighted by Crippen LogP contribution is 2.33. The molecule has 2 aromatic carbocycles. The lowest BCUT2D eigenvalue weighted by Crippen LogP contribution is -2.43. The summed E-state index contributed by atoms with van der Waals surface area (Å²) in [7, 11) is 0. The number of carbonyl (C=O) groups excluding carboxylic acids is 2. The van der Waals surface area contributed by atoms with Crippen LogP contribution in [0.25, 0.3) is 5.69 Å². The van der Waals surface area contributed by atoms with Gasteiger partial charge in [0.2, 0.25) is 5.91 Å². The number of nitrogens with zero attached hydrogens (tertiary/aromatic N) is 3. The number of thioether (sulfide) groups is 1. The van der Waals surface area contributed by atoms with Gasteiger partial charge in [-0.2, -0.15) is 0 Å². The molecular formula is C30H37N3O3S. The normalized spacial score (nSPS) is 17.5. The molecule has 0 unspecified atom stereocenters. The molecular weight excluding hydrogens is 482 g/mol. The number of amides is 1. The van der Waals surface area contributed by atoms with Gasteiger partial charge in [-0.25, -0.2) is 9.48 Å². The molecule has 1 heterocycles. The number of carbonyl (C=O) groups is 2. The van der Waals surface area contributed by atoms with Gasteiger partial charge in [-0.05, 0) is 82.2 Å². The lowest BCUT2D eigenvalue weighted by Gasteiger charge is -2.32. The van der Waals surface area contributed by atoms with Crippen molar-refractivity contribution >= 4 is 29.5 Å². The van der Waals surface area contributed by atoms with Crippen molar-refractivity contribution in [1.82, 2.24) is 9.78 Å². The summed E-state index contributed by atoms with van der Waals surface area (Å²) in [6.07, 6.45) is 5.54. The van der Waals surface area contributed by atoms with Crippen LogP contribution in [0.1, 0.15) is 69.3 Å². The average molecular weight is 520 g/mol. The van der Waals surface area contributed by atoms with Gasteiger partial charge in [0.1, 0.15) is 5.56 Å². The van der Waals surface area contributed by atoms with Crippen molar-refractivity contribution in [2.45, 2.75) is 70.1 Å². The first-order chi connectivity index (χ1) is 17.9. The average Bonchev–Trinajstić information content (AvgIpc) is 3.33. The lowest BCUT2D eigenvalue weighted by atomic mass is 9.82. The third-order valence-electron chi connectivity index (χ3n) is 6.89. The van der Waals surface area contributed by atoms with Crippen LogP contribution < -0.4 is 4.90 Å². The summed E-state index contributed by atoms with van der Waals surface area (Å²) in [5.74, 6) is 1.43. The maximum Gasteiger partial charge on any atom is 0.343 e. The molecule has 1 aliphatic carbocycles. The Morgan fingerprint density at radius 2 is 1.73 bits per heavy atom. The van der Waals surface area contributed by atoms with Gasteiger partial charge in [-0.3, -0.25) is 9.69 Å². The van der Waals surface area contributed by atoms with Crippen molar-refractivity contribution in [2.24, 2.45) is 11.8 Å². The van der Waals surface area contributed by atoms with Gasteiger partial charge in [-0.1, -0.05) is 37.3 Å². The molecule has 0 bridgehead atoms. The van der Waals surface area contributed by atoms with E-state index >= 15 is 0 Å². The van der Waals surface area contributed by atoms with Gasteiger partial charge in [0, 0.05) is 28.8 Å². The summed E-state index contributed by atoms with van der Waals surface area (Å²) >= 11 is 1.79. The fraction of sp³-hybridized carbons (Fsp3) is 0.433. The van der Waals surface area contributed by atoms with Crippen molar-refractivity contribution < 1.29 is 14.3 Å². The topological polar surface area (TPSA) is 64.4 Å². The van der Waals surface area contributed by atoms with Crippen molar-refractivity contribution in [2.75, 3.05) is 11.5 Å². The Morgan fingerprint density at radius 3 is 2.35 bits per heavy atom. The highest BCUT2D eigenvalue weighted by Gasteiger charge is 2.34. The first-order valence-electron chi connectivity index (χ1n) is 13.2. The maximum atomic E-state index is 13.7. The highest BCUT2D eigenvalue weighted by atomic mass is 32.2. The number of ether oxygens (including phenoxy) is 1. The van der Waals surface area contributed by atoms with Crippen molar-refractivity contribution in [3.8, 4) is 5.69 Å². The number of hydrogen-bond acceptors (Lipinski definition) is 5. The van der Waals surface area contributed by atoms with Crippen LogP contribution in [0.15, 0.2) is 65.7 Å². The van der Waals surface area contributed by atoms with E-state index in [1.54, 1.807) is 34.5 Å². The molecule has 37 heavy (non-hydrogen) atoms. The molecule has 1 saturated carbocycles. The molecule has 4 rings (SSSR count). The number of hydrogen-bond donors (Lipinski definition) is 0. The molecule has 0 radical (unpaired) electrons. The number of aromatic nitrogens is 2. The fourth-order valence-corrected chi connectivity index (χ4v) is 5.64. The zero-order valence-corrected chi connectivity index (χ0v) is 23.0. The van der Waals surface area contributed by atoms with Gasteiger partial charge >= 0.3 is 5.97 Å². The van der Waals surface area contributed by atoms with Crippen molar-refractivity contribution in [1.29, 1.82) is 0 Å². The summed E-state index contributed by atoms with van der Waals surface area (Å²) in [4.78, 5) is 29.6. The molecule has 0 N–H and O–H groups in total. The van der Waals surface area contributed by atoms with Crippen LogP contribution in [0.5, 0.6) is 0 Å². The molecule has 0 spiro atoms. The van der Waals surface area contributed by atoms with E-state index < -0.39 is 5.97 Å². The Labute approximate surface area is 224 Å². The van der Waals surface area contributed by atoms with Crippen LogP contribution in [0.3, 0.4) is 0 Å². The Bertz CT molecular complexity index is 1180. The molecule has 7 heteroatoms. The quantitative estimate of drug-likeness (QED) is 0.227. The van der Waals surface area contributed by atoms with E-state index in [-0.39, 0.29) is 24.5 Å². The molecule has 196 valence electrons. The highest BCUT2D eigenvalue weighted by molar-refractivity contribution is 7.98. The van der Waals surface area contributed by atoms with Gasteiger partial charge < -0.3 is 4.74 Å². The van der Waals surface area contributed by atoms with Gasteiger partial charge in [-0.15, -0.1) is 16.9 Å². The third-order valence-corrected chi connectivity index (χ3v) is 7.97. The SMILES string of the molecule is CCOC(=O)c1cn(-c2ccc(CSc3ccccc3)cc2)nc1N(C(=O)C1CCC(C)CC1)C(C)C. The molecule has 1 fully saturated rings. The Balaban J connectivity index is 1.60. The van der Waals surface area contributed by atoms with E-state index in [0.717, 1.165) is 37.1 Å². The number of benzene rings is 2. The molecule has 1 aromatic heterocycles. The smallest absolute Gasteiger partial charge is 0.343 e. The van der Waals surface area contributed by atoms with Crippen LogP contribution in [0.2, 0.25) is 0 Å². The Kier molecular flexibility index (Phi) is 9.09. The van der Waals surface area contributed by atoms with Crippen LogP contribution in [0, 0.1) is 11.8 Å². The second-order valence-corrected chi connectivity index (χ2v) is 11.1. The maximum absolute atomic E-state index is 13.7. The molecule has 6 nitrogen and oxygen atoms in total. The van der Waals surface area contributed by atoms with Crippen LogP contribution in [-0.2, 0) is 15.3 Å². The number of anilines is 1. The monoisotopic (exact) mass is 519 g/mol. The number of rotatable bonds is 9. The molecule has 0 saturated heterocycles. The molecule has 3 aromatic rings. The summed E-state index contributed by atoms with van der Waals surface area (Å²) < 4.78 is 7.03. The van der Waals surface area contributed by atoms with Crippen molar-refractivity contribution in [3.05, 3.63) is 71.9 Å². The molecule has 1 amide bonds. The van der Waals surface area contributed by atoms with E-state index in [0.29, 0.717) is 17.3 Å².